The van der Waals surface area contributed by atoms with Gasteiger partial charge in [0.1, 0.15) is 0 Å². The van der Waals surface area contributed by atoms with Crippen molar-refractivity contribution in [2.24, 2.45) is 0 Å². The number of fused-ring (bicyclic) bond motifs is 1. The highest BCUT2D eigenvalue weighted by molar-refractivity contribution is 6.04. The third kappa shape index (κ3) is 4.00. The molecule has 1 aliphatic heterocycles. The maximum Gasteiger partial charge on any atom is 0.279 e. The van der Waals surface area contributed by atoms with E-state index in [0.717, 1.165) is 13.1 Å². The number of rotatable bonds is 5. The van der Waals surface area contributed by atoms with Gasteiger partial charge in [-0.05, 0) is 58.0 Å². The lowest BCUT2D eigenvalue weighted by atomic mass is 9.98. The minimum Gasteiger partial charge on any atom is -0.349 e. The van der Waals surface area contributed by atoms with Gasteiger partial charge in [0.25, 0.3) is 11.5 Å². The molecule has 2 heterocycles. The number of nitrogens with zero attached hydrogens (tertiary/aromatic N) is 3. The molecule has 6 heteroatoms. The number of hydrogen-bond acceptors (Lipinski definition) is 4. The number of likely N-dealkylation sites (tertiary alicyclic amines) is 1. The fourth-order valence-electron chi connectivity index (χ4n) is 4.09. The first kappa shape index (κ1) is 20.3. The molecule has 1 N–H and O–H groups in total. The van der Waals surface area contributed by atoms with Crippen molar-refractivity contribution in [2.45, 2.75) is 38.6 Å². The number of carbonyl (C=O) groups excluding carboxylic acids is 1. The Balaban J connectivity index is 1.67. The Hall–Kier alpha value is -2.99. The van der Waals surface area contributed by atoms with Crippen LogP contribution in [0.5, 0.6) is 0 Å². The smallest absolute Gasteiger partial charge is 0.279 e. The van der Waals surface area contributed by atoms with Crippen LogP contribution in [0.3, 0.4) is 0 Å². The molecular weight excluding hydrogens is 376 g/mol. The molecule has 6 nitrogen and oxygen atoms in total. The lowest BCUT2D eigenvalue weighted by Gasteiger charge is -2.41. The molecule has 30 heavy (non-hydrogen) atoms. The van der Waals surface area contributed by atoms with E-state index in [1.165, 1.54) is 23.9 Å². The van der Waals surface area contributed by atoms with Crippen molar-refractivity contribution in [1.82, 2.24) is 20.0 Å². The van der Waals surface area contributed by atoms with Crippen LogP contribution in [0, 0.1) is 0 Å². The quantitative estimate of drug-likeness (QED) is 0.708. The Morgan fingerprint density at radius 2 is 1.60 bits per heavy atom. The van der Waals surface area contributed by atoms with Crippen LogP contribution >= 0.6 is 0 Å². The molecule has 0 aliphatic carbocycles. The van der Waals surface area contributed by atoms with Crippen molar-refractivity contribution in [1.29, 1.82) is 0 Å². The lowest BCUT2D eigenvalue weighted by molar-refractivity contribution is 0.0794. The molecule has 0 atom stereocenters. The lowest BCUT2D eigenvalue weighted by Crippen LogP contribution is -2.53. The van der Waals surface area contributed by atoms with E-state index in [1.807, 2.05) is 36.4 Å². The molecule has 2 aromatic carbocycles. The molecule has 1 amide bonds. The number of piperidine rings is 1. The van der Waals surface area contributed by atoms with Gasteiger partial charge in [-0.15, -0.1) is 0 Å². The highest BCUT2D eigenvalue weighted by atomic mass is 16.2. The number of benzene rings is 2. The second-order valence-electron chi connectivity index (χ2n) is 8.49. The average molecular weight is 405 g/mol. The predicted octanol–water partition coefficient (Wildman–Crippen LogP) is 3.38. The topological polar surface area (TPSA) is 67.2 Å². The fraction of sp³-hybridized carbons (Fsp3) is 0.375. The Bertz CT molecular complexity index is 1100. The highest BCUT2D eigenvalue weighted by Gasteiger charge is 2.29. The molecule has 1 saturated heterocycles. The van der Waals surface area contributed by atoms with Crippen LogP contribution in [0.1, 0.15) is 43.6 Å². The number of hydrogen-bond donors (Lipinski definition) is 1. The molecule has 0 unspecified atom stereocenters. The first-order chi connectivity index (χ1) is 14.5. The van der Waals surface area contributed by atoms with E-state index in [1.54, 1.807) is 18.2 Å². The number of nitrogens with one attached hydrogen (secondary N) is 1. The second-order valence-corrected chi connectivity index (χ2v) is 8.49. The number of aromatic nitrogens is 2. The summed E-state index contributed by atoms with van der Waals surface area (Å²) in [5.41, 5.74) is 0.529. The van der Waals surface area contributed by atoms with Crippen molar-refractivity contribution in [3.05, 3.63) is 70.6 Å². The van der Waals surface area contributed by atoms with Crippen LogP contribution in [0.2, 0.25) is 0 Å². The number of para-hydroxylation sites is 1. The van der Waals surface area contributed by atoms with Gasteiger partial charge in [0, 0.05) is 17.5 Å². The summed E-state index contributed by atoms with van der Waals surface area (Å²) in [5, 5.41) is 8.59. The zero-order valence-corrected chi connectivity index (χ0v) is 17.6. The Labute approximate surface area is 176 Å². The number of carbonyl (C=O) groups is 1. The Kier molecular flexibility index (Phi) is 5.68. The summed E-state index contributed by atoms with van der Waals surface area (Å²) in [6.45, 7) is 6.96. The van der Waals surface area contributed by atoms with Gasteiger partial charge < -0.3 is 5.32 Å². The van der Waals surface area contributed by atoms with Gasteiger partial charge in [0.2, 0.25) is 0 Å². The van der Waals surface area contributed by atoms with Gasteiger partial charge in [-0.1, -0.05) is 42.8 Å². The van der Waals surface area contributed by atoms with Gasteiger partial charge in [0.15, 0.2) is 5.69 Å². The molecule has 4 rings (SSSR count). The summed E-state index contributed by atoms with van der Waals surface area (Å²) in [5.74, 6) is -0.263. The van der Waals surface area contributed by atoms with Crippen LogP contribution in [0.15, 0.2) is 59.4 Å². The summed E-state index contributed by atoms with van der Waals surface area (Å²) >= 11 is 0. The van der Waals surface area contributed by atoms with Crippen LogP contribution in [0.25, 0.3) is 16.5 Å². The summed E-state index contributed by atoms with van der Waals surface area (Å²) in [4.78, 5) is 28.6. The predicted molar refractivity (Wildman–Crippen MR) is 119 cm³/mol. The van der Waals surface area contributed by atoms with Gasteiger partial charge in [0.05, 0.1) is 11.1 Å². The van der Waals surface area contributed by atoms with Gasteiger partial charge >= 0.3 is 0 Å². The summed E-state index contributed by atoms with van der Waals surface area (Å²) < 4.78 is 1.31. The van der Waals surface area contributed by atoms with Crippen molar-refractivity contribution in [3.63, 3.8) is 0 Å². The first-order valence-corrected chi connectivity index (χ1v) is 10.6. The molecule has 1 aromatic heterocycles. The largest absolute Gasteiger partial charge is 0.349 e. The third-order valence-electron chi connectivity index (χ3n) is 5.91. The zero-order valence-electron chi connectivity index (χ0n) is 17.6. The van der Waals surface area contributed by atoms with E-state index in [0.29, 0.717) is 23.0 Å². The minimum absolute atomic E-state index is 0.139. The average Bonchev–Trinajstić information content (AvgIpc) is 2.79. The Morgan fingerprint density at radius 3 is 2.30 bits per heavy atom. The van der Waals surface area contributed by atoms with Gasteiger partial charge in [-0.2, -0.15) is 9.78 Å². The van der Waals surface area contributed by atoms with Crippen LogP contribution in [-0.2, 0) is 0 Å². The van der Waals surface area contributed by atoms with E-state index >= 15 is 0 Å². The van der Waals surface area contributed by atoms with Crippen LogP contribution < -0.4 is 10.9 Å². The highest BCUT2D eigenvalue weighted by Crippen LogP contribution is 2.20. The fourth-order valence-corrected chi connectivity index (χ4v) is 4.09. The standard InChI is InChI=1S/C24H28N4O2/c1-24(2,27-15-9-4-10-16-27)17-25-22(29)21-19-13-7-8-14-20(19)23(30)28(26-21)18-11-5-3-6-12-18/h3,5-8,11-14H,4,9-10,15-17H2,1-2H3,(H,25,29). The third-order valence-corrected chi connectivity index (χ3v) is 5.91. The summed E-state index contributed by atoms with van der Waals surface area (Å²) in [7, 11) is 0. The molecule has 0 radical (unpaired) electrons. The van der Waals surface area contributed by atoms with Crippen molar-refractivity contribution >= 4 is 16.7 Å². The van der Waals surface area contributed by atoms with Gasteiger partial charge in [-0.25, -0.2) is 0 Å². The monoisotopic (exact) mass is 404 g/mol. The molecule has 0 spiro atoms. The number of amides is 1. The van der Waals surface area contributed by atoms with E-state index < -0.39 is 0 Å². The maximum absolute atomic E-state index is 13.2. The zero-order chi connectivity index (χ0) is 21.1. The molecule has 3 aromatic rings. The molecule has 0 bridgehead atoms. The summed E-state index contributed by atoms with van der Waals surface area (Å²) in [6.07, 6.45) is 3.67. The molecule has 156 valence electrons. The van der Waals surface area contributed by atoms with Crippen LogP contribution in [0.4, 0.5) is 0 Å². The van der Waals surface area contributed by atoms with Crippen LogP contribution in [-0.4, -0.2) is 45.8 Å². The molecule has 0 saturated carbocycles. The molecular formula is C24H28N4O2. The summed E-state index contributed by atoms with van der Waals surface area (Å²) in [6, 6.07) is 16.3. The van der Waals surface area contributed by atoms with E-state index in [4.69, 9.17) is 0 Å². The minimum atomic E-state index is -0.263. The molecule has 1 aliphatic rings. The second kappa shape index (κ2) is 8.40. The first-order valence-electron chi connectivity index (χ1n) is 10.6. The van der Waals surface area contributed by atoms with E-state index in [9.17, 15) is 9.59 Å². The van der Waals surface area contributed by atoms with E-state index in [2.05, 4.69) is 29.2 Å². The van der Waals surface area contributed by atoms with Gasteiger partial charge in [-0.3, -0.25) is 14.5 Å². The SMILES string of the molecule is CC(C)(CNC(=O)c1nn(-c2ccccc2)c(=O)c2ccccc12)N1CCCCC1. The normalized spacial score (nSPS) is 15.3. The van der Waals surface area contributed by atoms with Crippen molar-refractivity contribution in [2.75, 3.05) is 19.6 Å². The Morgan fingerprint density at radius 1 is 0.967 bits per heavy atom. The van der Waals surface area contributed by atoms with E-state index in [-0.39, 0.29) is 22.7 Å². The maximum atomic E-state index is 13.2. The van der Waals surface area contributed by atoms with Crippen molar-refractivity contribution in [3.8, 4) is 5.69 Å². The van der Waals surface area contributed by atoms with Crippen molar-refractivity contribution < 1.29 is 4.79 Å². The molecule has 1 fully saturated rings.